The predicted molar refractivity (Wildman–Crippen MR) is 75.9 cm³/mol. The zero-order valence-electron chi connectivity index (χ0n) is 11.8. The van der Waals surface area contributed by atoms with Gasteiger partial charge in [0.2, 0.25) is 0 Å². The minimum atomic E-state index is 0.128. The van der Waals surface area contributed by atoms with Crippen LogP contribution in [-0.4, -0.2) is 13.7 Å². The van der Waals surface area contributed by atoms with Crippen LogP contribution in [-0.2, 0) is 0 Å². The van der Waals surface area contributed by atoms with Crippen molar-refractivity contribution in [2.75, 3.05) is 13.7 Å². The van der Waals surface area contributed by atoms with Crippen LogP contribution in [0.2, 0.25) is 0 Å². The van der Waals surface area contributed by atoms with Gasteiger partial charge in [0, 0.05) is 23.4 Å². The summed E-state index contributed by atoms with van der Waals surface area (Å²) in [6.45, 7) is 2.83. The number of nitrogens with zero attached hydrogens (tertiary/aromatic N) is 1. The number of hydrogen-bond donors (Lipinski definition) is 1. The van der Waals surface area contributed by atoms with Crippen molar-refractivity contribution in [3.05, 3.63) is 29.8 Å². The monoisotopic (exact) mass is 258 g/mol. The Labute approximate surface area is 115 Å². The number of hydrogen-bond acceptors (Lipinski definition) is 3. The molecule has 1 fully saturated rings. The first-order chi connectivity index (χ1) is 9.24. The van der Waals surface area contributed by atoms with Crippen LogP contribution in [0.5, 0.6) is 5.75 Å². The average Bonchev–Trinajstić information content (AvgIpc) is 3.20. The molecule has 2 rings (SSSR count). The summed E-state index contributed by atoms with van der Waals surface area (Å²) in [4.78, 5) is 0. The van der Waals surface area contributed by atoms with E-state index in [-0.39, 0.29) is 5.41 Å². The van der Waals surface area contributed by atoms with Crippen molar-refractivity contribution >= 4 is 0 Å². The van der Waals surface area contributed by atoms with Crippen molar-refractivity contribution in [2.45, 2.75) is 38.6 Å². The van der Waals surface area contributed by atoms with Gasteiger partial charge in [0.1, 0.15) is 5.75 Å². The molecule has 0 saturated heterocycles. The lowest BCUT2D eigenvalue weighted by Crippen LogP contribution is -2.18. The Kier molecular flexibility index (Phi) is 4.44. The molecule has 0 radical (unpaired) electrons. The van der Waals surface area contributed by atoms with E-state index in [1.807, 2.05) is 25.2 Å². The smallest absolute Gasteiger partial charge is 0.124 e. The number of benzene rings is 1. The molecule has 3 heteroatoms. The van der Waals surface area contributed by atoms with Crippen LogP contribution in [0.1, 0.15) is 44.2 Å². The highest BCUT2D eigenvalue weighted by Gasteiger charge is 2.43. The zero-order valence-corrected chi connectivity index (χ0v) is 11.8. The fourth-order valence-electron chi connectivity index (χ4n) is 2.43. The van der Waals surface area contributed by atoms with Crippen LogP contribution in [0.15, 0.2) is 24.3 Å². The van der Waals surface area contributed by atoms with E-state index in [0.717, 1.165) is 25.0 Å². The molecular weight excluding hydrogens is 236 g/mol. The van der Waals surface area contributed by atoms with Gasteiger partial charge in [0.25, 0.3) is 0 Å². The fraction of sp³-hybridized carbons (Fsp3) is 0.562. The van der Waals surface area contributed by atoms with Gasteiger partial charge in [0.15, 0.2) is 0 Å². The lowest BCUT2D eigenvalue weighted by Gasteiger charge is -2.20. The average molecular weight is 258 g/mol. The lowest BCUT2D eigenvalue weighted by atomic mass is 10.0. The van der Waals surface area contributed by atoms with E-state index in [4.69, 9.17) is 10.00 Å². The van der Waals surface area contributed by atoms with Gasteiger partial charge in [-0.05, 0) is 32.4 Å². The first-order valence-corrected chi connectivity index (χ1v) is 7.00. The van der Waals surface area contributed by atoms with Crippen molar-refractivity contribution in [1.82, 2.24) is 5.32 Å². The van der Waals surface area contributed by atoms with E-state index in [1.54, 1.807) is 0 Å². The van der Waals surface area contributed by atoms with Crippen molar-refractivity contribution in [2.24, 2.45) is 5.41 Å². The molecule has 1 saturated carbocycles. The molecule has 0 spiro atoms. The summed E-state index contributed by atoms with van der Waals surface area (Å²) in [6, 6.07) is 10.8. The molecule has 0 aliphatic heterocycles. The third kappa shape index (κ3) is 3.27. The Balaban J connectivity index is 2.06. The van der Waals surface area contributed by atoms with Gasteiger partial charge in [0.05, 0.1) is 12.7 Å². The Hall–Kier alpha value is -1.53. The van der Waals surface area contributed by atoms with Crippen LogP contribution in [0.3, 0.4) is 0 Å². The Morgan fingerprint density at radius 2 is 2.16 bits per heavy atom. The number of nitriles is 1. The van der Waals surface area contributed by atoms with Gasteiger partial charge in [-0.25, -0.2) is 0 Å². The molecule has 0 amide bonds. The van der Waals surface area contributed by atoms with E-state index in [1.165, 1.54) is 5.56 Å². The summed E-state index contributed by atoms with van der Waals surface area (Å²) in [5.41, 5.74) is 1.34. The first-order valence-electron chi connectivity index (χ1n) is 7.00. The molecule has 0 heterocycles. The van der Waals surface area contributed by atoms with Crippen LogP contribution in [0, 0.1) is 16.7 Å². The highest BCUT2D eigenvalue weighted by atomic mass is 16.5. The highest BCUT2D eigenvalue weighted by Crippen LogP contribution is 2.49. The molecule has 1 N–H and O–H groups in total. The Bertz CT molecular complexity index is 456. The van der Waals surface area contributed by atoms with Gasteiger partial charge < -0.3 is 10.1 Å². The van der Waals surface area contributed by atoms with Crippen LogP contribution >= 0.6 is 0 Å². The Morgan fingerprint density at radius 1 is 1.42 bits per heavy atom. The molecule has 0 aromatic heterocycles. The second kappa shape index (κ2) is 6.08. The number of rotatable bonds is 7. The maximum atomic E-state index is 8.84. The van der Waals surface area contributed by atoms with E-state index < -0.39 is 0 Å². The van der Waals surface area contributed by atoms with E-state index in [2.05, 4.69) is 24.4 Å². The summed E-state index contributed by atoms with van der Waals surface area (Å²) >= 11 is 0. The zero-order chi connectivity index (χ0) is 13.7. The maximum Gasteiger partial charge on any atom is 0.124 e. The molecule has 102 valence electrons. The van der Waals surface area contributed by atoms with Crippen LogP contribution < -0.4 is 10.1 Å². The second-order valence-electron chi connectivity index (χ2n) is 5.41. The molecule has 1 unspecified atom stereocenters. The number of ether oxygens (including phenoxy) is 1. The standard InChI is InChI=1S/C16H22N2O/c1-3-14(18-2)13-6-4-5-7-15(13)19-12-16(8-9-16)10-11-17/h4-7,14,18H,3,8-10,12H2,1-2H3. The van der Waals surface area contributed by atoms with Gasteiger partial charge in [-0.2, -0.15) is 5.26 Å². The third-order valence-corrected chi connectivity index (χ3v) is 4.00. The molecule has 3 nitrogen and oxygen atoms in total. The summed E-state index contributed by atoms with van der Waals surface area (Å²) < 4.78 is 6.01. The minimum Gasteiger partial charge on any atom is -0.493 e. The largest absolute Gasteiger partial charge is 0.493 e. The minimum absolute atomic E-state index is 0.128. The first kappa shape index (κ1) is 13.9. The second-order valence-corrected chi connectivity index (χ2v) is 5.41. The normalized spacial score (nSPS) is 17.5. The molecular formula is C16H22N2O. The number of para-hydroxylation sites is 1. The fourth-order valence-corrected chi connectivity index (χ4v) is 2.43. The van der Waals surface area contributed by atoms with Crippen molar-refractivity contribution in [3.63, 3.8) is 0 Å². The summed E-state index contributed by atoms with van der Waals surface area (Å²) in [5, 5.41) is 12.2. The quantitative estimate of drug-likeness (QED) is 0.815. The Morgan fingerprint density at radius 3 is 2.74 bits per heavy atom. The van der Waals surface area contributed by atoms with Crippen molar-refractivity contribution in [1.29, 1.82) is 5.26 Å². The SMILES string of the molecule is CCC(NC)c1ccccc1OCC1(CC#N)CC1. The molecule has 1 aliphatic carbocycles. The predicted octanol–water partition coefficient (Wildman–Crippen LogP) is 3.43. The molecule has 1 aliphatic rings. The van der Waals surface area contributed by atoms with Gasteiger partial charge in [-0.1, -0.05) is 25.1 Å². The van der Waals surface area contributed by atoms with Crippen molar-refractivity contribution in [3.8, 4) is 11.8 Å². The molecule has 0 bridgehead atoms. The molecule has 1 aromatic rings. The van der Waals surface area contributed by atoms with E-state index >= 15 is 0 Å². The maximum absolute atomic E-state index is 8.84. The summed E-state index contributed by atoms with van der Waals surface area (Å²) in [7, 11) is 1.98. The van der Waals surface area contributed by atoms with Crippen molar-refractivity contribution < 1.29 is 4.74 Å². The number of nitrogens with one attached hydrogen (secondary N) is 1. The van der Waals surface area contributed by atoms with Crippen LogP contribution in [0.4, 0.5) is 0 Å². The van der Waals surface area contributed by atoms with E-state index in [0.29, 0.717) is 19.1 Å². The molecule has 1 atom stereocenters. The highest BCUT2D eigenvalue weighted by molar-refractivity contribution is 5.36. The topological polar surface area (TPSA) is 45.0 Å². The van der Waals surface area contributed by atoms with E-state index in [9.17, 15) is 0 Å². The molecule has 19 heavy (non-hydrogen) atoms. The van der Waals surface area contributed by atoms with Gasteiger partial charge in [-0.3, -0.25) is 0 Å². The lowest BCUT2D eigenvalue weighted by molar-refractivity contribution is 0.233. The third-order valence-electron chi connectivity index (χ3n) is 4.00. The summed E-state index contributed by atoms with van der Waals surface area (Å²) in [6.07, 6.45) is 3.87. The van der Waals surface area contributed by atoms with Gasteiger partial charge >= 0.3 is 0 Å². The molecule has 1 aromatic carbocycles. The van der Waals surface area contributed by atoms with Crippen LogP contribution in [0.25, 0.3) is 0 Å². The van der Waals surface area contributed by atoms with Gasteiger partial charge in [-0.15, -0.1) is 0 Å². The summed E-state index contributed by atoms with van der Waals surface area (Å²) in [5.74, 6) is 0.952.